The van der Waals surface area contributed by atoms with Gasteiger partial charge in [-0.1, -0.05) is 40.2 Å². The lowest BCUT2D eigenvalue weighted by atomic mass is 9.79. The van der Waals surface area contributed by atoms with Gasteiger partial charge in [-0.25, -0.2) is 0 Å². The number of halogens is 1. The fraction of sp³-hybridized carbons (Fsp3) is 0.296. The van der Waals surface area contributed by atoms with Crippen LogP contribution in [0.2, 0.25) is 0 Å². The third-order valence-corrected chi connectivity index (χ3v) is 6.59. The average Bonchev–Trinajstić information content (AvgIpc) is 2.84. The van der Waals surface area contributed by atoms with E-state index < -0.39 is 0 Å². The molecule has 0 radical (unpaired) electrons. The Labute approximate surface area is 198 Å². The molecule has 0 aromatic heterocycles. The number of alkyl halides is 1. The van der Waals surface area contributed by atoms with Crippen molar-refractivity contribution >= 4 is 27.5 Å². The second-order valence-electron chi connectivity index (χ2n) is 8.12. The molecular weight excluding hydrogens is 466 g/mol. The molecule has 32 heavy (non-hydrogen) atoms. The predicted octanol–water partition coefficient (Wildman–Crippen LogP) is 6.17. The minimum absolute atomic E-state index is 0.106. The van der Waals surface area contributed by atoms with Crippen molar-refractivity contribution in [3.63, 3.8) is 0 Å². The summed E-state index contributed by atoms with van der Waals surface area (Å²) < 4.78 is 10.8. The Balaban J connectivity index is 1.58. The van der Waals surface area contributed by atoms with E-state index in [1.54, 1.807) is 14.2 Å². The summed E-state index contributed by atoms with van der Waals surface area (Å²) in [5.74, 6) is 1.86. The highest BCUT2D eigenvalue weighted by molar-refractivity contribution is 9.09. The van der Waals surface area contributed by atoms with Crippen LogP contribution in [0, 0.1) is 0 Å². The molecule has 1 aliphatic carbocycles. The maximum Gasteiger partial charge on any atom is 0.255 e. The van der Waals surface area contributed by atoms with Gasteiger partial charge >= 0.3 is 0 Å². The number of aryl methyl sites for hydroxylation is 2. The van der Waals surface area contributed by atoms with Crippen LogP contribution in [-0.2, 0) is 19.3 Å². The number of ether oxygens (including phenoxy) is 2. The Bertz CT molecular complexity index is 1090. The number of carbonyl (C=O) groups excluding carboxylic acids is 1. The molecule has 0 fully saturated rings. The normalized spacial score (nSPS) is 15.0. The van der Waals surface area contributed by atoms with Crippen molar-refractivity contribution in [3.8, 4) is 11.5 Å². The van der Waals surface area contributed by atoms with Crippen molar-refractivity contribution < 1.29 is 14.3 Å². The van der Waals surface area contributed by atoms with Crippen LogP contribution in [0.4, 0.5) is 5.69 Å². The van der Waals surface area contributed by atoms with Crippen molar-refractivity contribution in [3.05, 3.63) is 88.5 Å². The molecule has 0 bridgehead atoms. The molecule has 4 nitrogen and oxygen atoms in total. The lowest BCUT2D eigenvalue weighted by molar-refractivity contribution is 0.102. The van der Waals surface area contributed by atoms with Crippen LogP contribution in [0.25, 0.3) is 0 Å². The van der Waals surface area contributed by atoms with Crippen LogP contribution in [0.15, 0.2) is 60.7 Å². The SMILES string of the molecule is COc1ccc2c(c1)CCC(c1ccc(OC)cc1NC(=O)c1ccc(CCBr)cc1)C2. The van der Waals surface area contributed by atoms with Crippen LogP contribution in [0.3, 0.4) is 0 Å². The summed E-state index contributed by atoms with van der Waals surface area (Å²) in [6.45, 7) is 0. The van der Waals surface area contributed by atoms with Gasteiger partial charge in [0.15, 0.2) is 0 Å². The zero-order valence-electron chi connectivity index (χ0n) is 18.5. The van der Waals surface area contributed by atoms with Crippen molar-refractivity contribution in [2.45, 2.75) is 31.6 Å². The van der Waals surface area contributed by atoms with E-state index in [4.69, 9.17) is 9.47 Å². The second-order valence-corrected chi connectivity index (χ2v) is 8.91. The van der Waals surface area contributed by atoms with Crippen molar-refractivity contribution in [1.29, 1.82) is 0 Å². The molecule has 1 aliphatic rings. The van der Waals surface area contributed by atoms with E-state index in [-0.39, 0.29) is 5.91 Å². The lowest BCUT2D eigenvalue weighted by Gasteiger charge is -2.27. The number of methoxy groups -OCH3 is 2. The molecule has 0 saturated heterocycles. The smallest absolute Gasteiger partial charge is 0.255 e. The fourth-order valence-electron chi connectivity index (χ4n) is 4.38. The van der Waals surface area contributed by atoms with Crippen molar-refractivity contribution in [1.82, 2.24) is 0 Å². The number of benzene rings is 3. The van der Waals surface area contributed by atoms with E-state index in [2.05, 4.69) is 39.4 Å². The Morgan fingerprint density at radius 3 is 2.41 bits per heavy atom. The van der Waals surface area contributed by atoms with Gasteiger partial charge in [0, 0.05) is 22.6 Å². The Kier molecular flexibility index (Phi) is 7.15. The number of fused-ring (bicyclic) bond motifs is 1. The van der Waals surface area contributed by atoms with Gasteiger partial charge in [-0.2, -0.15) is 0 Å². The molecule has 1 N–H and O–H groups in total. The zero-order valence-corrected chi connectivity index (χ0v) is 20.1. The van der Waals surface area contributed by atoms with Gasteiger partial charge in [-0.3, -0.25) is 4.79 Å². The Morgan fingerprint density at radius 1 is 0.969 bits per heavy atom. The number of rotatable bonds is 7. The van der Waals surface area contributed by atoms with E-state index in [1.807, 2.05) is 42.5 Å². The summed E-state index contributed by atoms with van der Waals surface area (Å²) in [6.07, 6.45) is 3.90. The van der Waals surface area contributed by atoms with Crippen LogP contribution >= 0.6 is 15.9 Å². The maximum atomic E-state index is 13.0. The number of anilines is 1. The fourth-order valence-corrected chi connectivity index (χ4v) is 4.83. The quantitative estimate of drug-likeness (QED) is 0.400. The Morgan fingerprint density at radius 2 is 1.69 bits per heavy atom. The molecule has 1 amide bonds. The molecule has 1 unspecified atom stereocenters. The van der Waals surface area contributed by atoms with Crippen LogP contribution in [-0.4, -0.2) is 25.5 Å². The molecule has 0 heterocycles. The molecule has 4 rings (SSSR count). The molecule has 166 valence electrons. The van der Waals surface area contributed by atoms with Gasteiger partial charge in [0.05, 0.1) is 14.2 Å². The molecular formula is C27H28BrNO3. The van der Waals surface area contributed by atoms with Crippen LogP contribution in [0.1, 0.15) is 45.0 Å². The molecule has 0 saturated carbocycles. The summed E-state index contributed by atoms with van der Waals surface area (Å²) >= 11 is 3.46. The molecule has 5 heteroatoms. The van der Waals surface area contributed by atoms with Gasteiger partial charge in [-0.05, 0) is 84.2 Å². The van der Waals surface area contributed by atoms with Gasteiger partial charge < -0.3 is 14.8 Å². The third-order valence-electron chi connectivity index (χ3n) is 6.19. The number of nitrogens with one attached hydrogen (secondary N) is 1. The Hall–Kier alpha value is -2.79. The van der Waals surface area contributed by atoms with Gasteiger partial charge in [0.1, 0.15) is 11.5 Å². The van der Waals surface area contributed by atoms with E-state index in [0.29, 0.717) is 11.5 Å². The number of carbonyl (C=O) groups is 1. The number of hydrogen-bond acceptors (Lipinski definition) is 3. The second kappa shape index (κ2) is 10.2. The summed E-state index contributed by atoms with van der Waals surface area (Å²) in [4.78, 5) is 13.0. The monoisotopic (exact) mass is 493 g/mol. The van der Waals surface area contributed by atoms with Gasteiger partial charge in [-0.15, -0.1) is 0 Å². The van der Waals surface area contributed by atoms with E-state index in [9.17, 15) is 4.79 Å². The third kappa shape index (κ3) is 4.99. The largest absolute Gasteiger partial charge is 0.497 e. The first-order chi connectivity index (χ1) is 15.6. The first-order valence-electron chi connectivity index (χ1n) is 10.9. The summed E-state index contributed by atoms with van der Waals surface area (Å²) in [6, 6.07) is 20.1. The molecule has 0 aliphatic heterocycles. The zero-order chi connectivity index (χ0) is 22.5. The summed E-state index contributed by atoms with van der Waals surface area (Å²) in [5, 5.41) is 4.05. The first kappa shape index (κ1) is 22.4. The molecule has 0 spiro atoms. The van der Waals surface area contributed by atoms with Gasteiger partial charge in [0.25, 0.3) is 5.91 Å². The number of amides is 1. The highest BCUT2D eigenvalue weighted by Gasteiger charge is 2.24. The highest BCUT2D eigenvalue weighted by Crippen LogP contribution is 2.38. The summed E-state index contributed by atoms with van der Waals surface area (Å²) in [7, 11) is 3.35. The minimum Gasteiger partial charge on any atom is -0.497 e. The maximum absolute atomic E-state index is 13.0. The van der Waals surface area contributed by atoms with Gasteiger partial charge in [0.2, 0.25) is 0 Å². The van der Waals surface area contributed by atoms with E-state index in [0.717, 1.165) is 53.8 Å². The number of hydrogen-bond donors (Lipinski definition) is 1. The van der Waals surface area contributed by atoms with Crippen LogP contribution in [0.5, 0.6) is 11.5 Å². The van der Waals surface area contributed by atoms with Crippen molar-refractivity contribution in [2.24, 2.45) is 0 Å². The standard InChI is InChI=1S/C27H28BrNO3/c1-31-23-10-9-20-15-22(8-7-21(20)16-23)25-12-11-24(32-2)17-26(25)29-27(30)19-5-3-18(4-6-19)13-14-28/h3-6,9-12,16-17,22H,7-8,13-15H2,1-2H3,(H,29,30). The van der Waals surface area contributed by atoms with Crippen LogP contribution < -0.4 is 14.8 Å². The first-order valence-corrected chi connectivity index (χ1v) is 12.0. The predicted molar refractivity (Wildman–Crippen MR) is 133 cm³/mol. The molecule has 3 aromatic rings. The van der Waals surface area contributed by atoms with E-state index in [1.165, 1.54) is 16.7 Å². The van der Waals surface area contributed by atoms with Crippen molar-refractivity contribution in [2.75, 3.05) is 24.9 Å². The minimum atomic E-state index is -0.106. The average molecular weight is 494 g/mol. The summed E-state index contributed by atoms with van der Waals surface area (Å²) in [5.41, 5.74) is 6.52. The highest BCUT2D eigenvalue weighted by atomic mass is 79.9. The lowest BCUT2D eigenvalue weighted by Crippen LogP contribution is -2.18. The topological polar surface area (TPSA) is 47.6 Å². The molecule has 1 atom stereocenters. The molecule has 3 aromatic carbocycles. The van der Waals surface area contributed by atoms with E-state index >= 15 is 0 Å².